The highest BCUT2D eigenvalue weighted by Crippen LogP contribution is 2.43. The van der Waals surface area contributed by atoms with E-state index < -0.39 is 5.97 Å². The fourth-order valence-electron chi connectivity index (χ4n) is 4.76. The van der Waals surface area contributed by atoms with Crippen molar-refractivity contribution in [3.8, 4) is 0 Å². The maximum Gasteiger partial charge on any atom is 0.305 e. The quantitative estimate of drug-likeness (QED) is 0.877. The number of carboxylic acid groups (broad SMARTS) is 1. The Hall–Kier alpha value is -1.50. The number of rotatable bonds is 5. The maximum absolute atomic E-state index is 11.4. The first-order valence-electron chi connectivity index (χ1n) is 9.38. The molecule has 4 rings (SSSR count). The van der Waals surface area contributed by atoms with E-state index in [-0.39, 0.29) is 18.1 Å². The van der Waals surface area contributed by atoms with Crippen molar-refractivity contribution in [1.82, 2.24) is 14.8 Å². The van der Waals surface area contributed by atoms with Crippen LogP contribution in [-0.4, -0.2) is 69.8 Å². The van der Waals surface area contributed by atoms with Gasteiger partial charge in [-0.15, -0.1) is 0 Å². The van der Waals surface area contributed by atoms with Gasteiger partial charge in [-0.25, -0.2) is 0 Å². The van der Waals surface area contributed by atoms with Crippen LogP contribution >= 0.6 is 0 Å². The minimum atomic E-state index is -0.671. The topological polar surface area (TPSA) is 65.9 Å². The van der Waals surface area contributed by atoms with Gasteiger partial charge in [-0.1, -0.05) is 0 Å². The molecule has 0 radical (unpaired) electrons. The standard InChI is InChI=1S/C19H27N3O3/c23-18(24)12-19(5-1-6-19)22-9-4-17-16(14-22)21(10-11-25-17)13-15-2-7-20-8-3-15/h2-3,7-8,16-17H,1,4-6,9-14H2,(H,23,24)/t16-,17-/m0/s1. The van der Waals surface area contributed by atoms with Gasteiger partial charge in [0.15, 0.2) is 0 Å². The van der Waals surface area contributed by atoms with Crippen molar-refractivity contribution in [3.05, 3.63) is 30.1 Å². The number of fused-ring (bicyclic) bond motifs is 1. The summed E-state index contributed by atoms with van der Waals surface area (Å²) in [4.78, 5) is 20.4. The smallest absolute Gasteiger partial charge is 0.305 e. The Morgan fingerprint density at radius 3 is 2.80 bits per heavy atom. The molecule has 1 aromatic heterocycles. The Labute approximate surface area is 148 Å². The lowest BCUT2D eigenvalue weighted by Gasteiger charge is -2.56. The van der Waals surface area contributed by atoms with E-state index in [2.05, 4.69) is 26.9 Å². The molecule has 0 amide bonds. The van der Waals surface area contributed by atoms with Gasteiger partial charge >= 0.3 is 5.97 Å². The third kappa shape index (κ3) is 3.43. The van der Waals surface area contributed by atoms with Crippen LogP contribution in [-0.2, 0) is 16.1 Å². The fourth-order valence-corrected chi connectivity index (χ4v) is 4.76. The van der Waals surface area contributed by atoms with Crippen LogP contribution < -0.4 is 0 Å². The molecular formula is C19H27N3O3. The maximum atomic E-state index is 11.4. The third-order valence-corrected chi connectivity index (χ3v) is 6.27. The molecule has 3 fully saturated rings. The zero-order valence-corrected chi connectivity index (χ0v) is 14.6. The number of pyridine rings is 1. The average Bonchev–Trinajstić information content (AvgIpc) is 2.59. The number of aliphatic carboxylic acids is 1. The zero-order valence-electron chi connectivity index (χ0n) is 14.6. The van der Waals surface area contributed by atoms with E-state index in [1.165, 1.54) is 5.56 Å². The van der Waals surface area contributed by atoms with Crippen LogP contribution in [0.25, 0.3) is 0 Å². The fraction of sp³-hybridized carbons (Fsp3) is 0.684. The number of piperidine rings is 1. The highest BCUT2D eigenvalue weighted by atomic mass is 16.5. The Bertz CT molecular complexity index is 605. The summed E-state index contributed by atoms with van der Waals surface area (Å²) in [7, 11) is 0. The van der Waals surface area contributed by atoms with Crippen LogP contribution in [0, 0.1) is 0 Å². The van der Waals surface area contributed by atoms with Crippen molar-refractivity contribution in [2.45, 2.75) is 56.3 Å². The molecule has 6 heteroatoms. The molecule has 2 atom stereocenters. The van der Waals surface area contributed by atoms with E-state index in [9.17, 15) is 9.90 Å². The van der Waals surface area contributed by atoms with Crippen LogP contribution in [0.4, 0.5) is 0 Å². The number of hydrogen-bond donors (Lipinski definition) is 1. The minimum absolute atomic E-state index is 0.114. The molecular weight excluding hydrogens is 318 g/mol. The Morgan fingerprint density at radius 1 is 1.32 bits per heavy atom. The molecule has 25 heavy (non-hydrogen) atoms. The molecule has 1 aliphatic carbocycles. The van der Waals surface area contributed by atoms with Gasteiger partial charge < -0.3 is 9.84 Å². The van der Waals surface area contributed by atoms with E-state index in [0.717, 1.165) is 58.5 Å². The van der Waals surface area contributed by atoms with Gasteiger partial charge in [-0.05, 0) is 43.4 Å². The molecule has 2 aliphatic heterocycles. The highest BCUT2D eigenvalue weighted by Gasteiger charge is 2.48. The molecule has 0 aromatic carbocycles. The highest BCUT2D eigenvalue weighted by molar-refractivity contribution is 5.68. The van der Waals surface area contributed by atoms with Gasteiger partial charge in [0.25, 0.3) is 0 Å². The molecule has 6 nitrogen and oxygen atoms in total. The predicted octanol–water partition coefficient (Wildman–Crippen LogP) is 1.75. The van der Waals surface area contributed by atoms with Crippen molar-refractivity contribution in [2.75, 3.05) is 26.2 Å². The van der Waals surface area contributed by atoms with Crippen LogP contribution in [0.15, 0.2) is 24.5 Å². The summed E-state index contributed by atoms with van der Waals surface area (Å²) in [5.74, 6) is -0.671. The van der Waals surface area contributed by atoms with Crippen molar-refractivity contribution < 1.29 is 14.6 Å². The normalized spacial score (nSPS) is 29.6. The van der Waals surface area contributed by atoms with Gasteiger partial charge in [0.2, 0.25) is 0 Å². The molecule has 0 spiro atoms. The summed E-state index contributed by atoms with van der Waals surface area (Å²) in [6.07, 6.45) is 8.41. The molecule has 3 heterocycles. The van der Waals surface area contributed by atoms with E-state index in [1.807, 2.05) is 12.4 Å². The van der Waals surface area contributed by atoms with Crippen molar-refractivity contribution in [2.24, 2.45) is 0 Å². The van der Waals surface area contributed by atoms with Gasteiger partial charge in [0, 0.05) is 50.2 Å². The molecule has 1 aromatic rings. The average molecular weight is 345 g/mol. The lowest BCUT2D eigenvalue weighted by atomic mass is 9.71. The lowest BCUT2D eigenvalue weighted by Crippen LogP contribution is -2.66. The first-order chi connectivity index (χ1) is 12.2. The van der Waals surface area contributed by atoms with Gasteiger partial charge in [-0.2, -0.15) is 0 Å². The number of likely N-dealkylation sites (tertiary alicyclic amines) is 1. The number of ether oxygens (including phenoxy) is 1. The Kier molecular flexibility index (Phi) is 4.75. The molecule has 2 saturated heterocycles. The first-order valence-corrected chi connectivity index (χ1v) is 9.38. The number of carboxylic acids is 1. The van der Waals surface area contributed by atoms with Crippen LogP contribution in [0.5, 0.6) is 0 Å². The van der Waals surface area contributed by atoms with Crippen molar-refractivity contribution in [3.63, 3.8) is 0 Å². The Balaban J connectivity index is 1.48. The lowest BCUT2D eigenvalue weighted by molar-refractivity contribution is -0.151. The van der Waals surface area contributed by atoms with Gasteiger partial charge in [-0.3, -0.25) is 19.6 Å². The summed E-state index contributed by atoms with van der Waals surface area (Å²) < 4.78 is 6.05. The third-order valence-electron chi connectivity index (χ3n) is 6.27. The molecule has 1 N–H and O–H groups in total. The van der Waals surface area contributed by atoms with Gasteiger partial charge in [0.1, 0.15) is 0 Å². The molecule has 1 saturated carbocycles. The van der Waals surface area contributed by atoms with Gasteiger partial charge in [0.05, 0.1) is 19.1 Å². The summed E-state index contributed by atoms with van der Waals surface area (Å²) >= 11 is 0. The second-order valence-electron chi connectivity index (χ2n) is 7.69. The molecule has 136 valence electrons. The summed E-state index contributed by atoms with van der Waals surface area (Å²) in [5, 5.41) is 9.36. The SMILES string of the molecule is O=C(O)CC1(N2CC[C@@H]3OCCN(Cc4ccncc4)[C@H]3C2)CCC1. The molecule has 3 aliphatic rings. The van der Waals surface area contributed by atoms with E-state index in [0.29, 0.717) is 6.04 Å². The number of nitrogens with zero attached hydrogens (tertiary/aromatic N) is 3. The predicted molar refractivity (Wildman–Crippen MR) is 93.2 cm³/mol. The monoisotopic (exact) mass is 345 g/mol. The van der Waals surface area contributed by atoms with Crippen LogP contribution in [0.1, 0.15) is 37.7 Å². The molecule has 0 bridgehead atoms. The van der Waals surface area contributed by atoms with Crippen molar-refractivity contribution >= 4 is 5.97 Å². The number of morpholine rings is 1. The minimum Gasteiger partial charge on any atom is -0.481 e. The Morgan fingerprint density at radius 2 is 2.12 bits per heavy atom. The van der Waals surface area contributed by atoms with Crippen molar-refractivity contribution in [1.29, 1.82) is 0 Å². The first kappa shape index (κ1) is 16.9. The number of carbonyl (C=O) groups is 1. The number of aromatic nitrogens is 1. The number of hydrogen-bond acceptors (Lipinski definition) is 5. The second kappa shape index (κ2) is 7.02. The van der Waals surface area contributed by atoms with E-state index >= 15 is 0 Å². The zero-order chi connectivity index (χ0) is 17.3. The summed E-state index contributed by atoms with van der Waals surface area (Å²) in [5.41, 5.74) is 1.16. The van der Waals surface area contributed by atoms with E-state index in [4.69, 9.17) is 4.74 Å². The van der Waals surface area contributed by atoms with Crippen LogP contribution in [0.2, 0.25) is 0 Å². The largest absolute Gasteiger partial charge is 0.481 e. The summed E-state index contributed by atoms with van der Waals surface area (Å²) in [6, 6.07) is 4.49. The summed E-state index contributed by atoms with van der Waals surface area (Å²) in [6.45, 7) is 4.50. The second-order valence-corrected chi connectivity index (χ2v) is 7.69. The molecule has 0 unspecified atom stereocenters. The van der Waals surface area contributed by atoms with E-state index in [1.54, 1.807) is 0 Å². The van der Waals surface area contributed by atoms with Crippen LogP contribution in [0.3, 0.4) is 0 Å².